The highest BCUT2D eigenvalue weighted by molar-refractivity contribution is 5.93. The summed E-state index contributed by atoms with van der Waals surface area (Å²) in [4.78, 5) is 23.5. The van der Waals surface area contributed by atoms with Crippen LogP contribution in [0.25, 0.3) is 0 Å². The molecule has 0 fully saturated rings. The summed E-state index contributed by atoms with van der Waals surface area (Å²) in [6.45, 7) is 5.27. The average Bonchev–Trinajstić information content (AvgIpc) is 2.55. The molecule has 1 amide bonds. The van der Waals surface area contributed by atoms with Gasteiger partial charge in [-0.3, -0.25) is 4.79 Å². The molecule has 0 radical (unpaired) electrons. The summed E-state index contributed by atoms with van der Waals surface area (Å²) in [6.07, 6.45) is 0. The van der Waals surface area contributed by atoms with E-state index in [-0.39, 0.29) is 19.1 Å². The van der Waals surface area contributed by atoms with Gasteiger partial charge in [0.05, 0.1) is 0 Å². The van der Waals surface area contributed by atoms with E-state index in [1.807, 2.05) is 51.1 Å². The Balaban J connectivity index is 1.74. The summed E-state index contributed by atoms with van der Waals surface area (Å²) in [5, 5.41) is 2.72. The Hall–Kier alpha value is -2.82. The minimum absolute atomic E-state index is 0.236. The fourth-order valence-electron chi connectivity index (χ4n) is 2.10. The lowest BCUT2D eigenvalue weighted by molar-refractivity contribution is -0.149. The van der Waals surface area contributed by atoms with Gasteiger partial charge in [0.2, 0.25) is 0 Å². The first kappa shape index (κ1) is 17.5. The van der Waals surface area contributed by atoms with Crippen LogP contribution in [0, 0.1) is 20.8 Å². The number of hydrogen-bond acceptors (Lipinski definition) is 4. The molecule has 0 bridgehead atoms. The van der Waals surface area contributed by atoms with Gasteiger partial charge >= 0.3 is 5.97 Å². The van der Waals surface area contributed by atoms with Crippen molar-refractivity contribution in [2.24, 2.45) is 0 Å². The van der Waals surface area contributed by atoms with Crippen LogP contribution < -0.4 is 10.1 Å². The Bertz CT molecular complexity index is 723. The standard InChI is InChI=1S/C19H21NO4/c1-13-4-7-16(8-5-13)23-12-19(22)24-11-18(21)20-17-9-6-14(2)10-15(17)3/h4-10H,11-12H2,1-3H3,(H,20,21). The molecular formula is C19H21NO4. The number of benzene rings is 2. The number of carbonyl (C=O) groups is 2. The largest absolute Gasteiger partial charge is 0.482 e. The molecule has 0 aliphatic rings. The van der Waals surface area contributed by atoms with Crippen LogP contribution in [0.2, 0.25) is 0 Å². The number of esters is 1. The van der Waals surface area contributed by atoms with E-state index < -0.39 is 5.97 Å². The molecular weight excluding hydrogens is 306 g/mol. The highest BCUT2D eigenvalue weighted by atomic mass is 16.6. The van der Waals surface area contributed by atoms with E-state index in [4.69, 9.17) is 9.47 Å². The second-order valence-corrected chi connectivity index (χ2v) is 5.63. The number of hydrogen-bond donors (Lipinski definition) is 1. The molecule has 0 unspecified atom stereocenters. The van der Waals surface area contributed by atoms with Crippen molar-refractivity contribution in [2.45, 2.75) is 20.8 Å². The van der Waals surface area contributed by atoms with E-state index in [1.165, 1.54) is 0 Å². The molecule has 0 saturated heterocycles. The SMILES string of the molecule is Cc1ccc(OCC(=O)OCC(=O)Nc2ccc(C)cc2C)cc1. The zero-order valence-electron chi connectivity index (χ0n) is 14.1. The first-order valence-corrected chi connectivity index (χ1v) is 7.66. The van der Waals surface area contributed by atoms with E-state index in [0.29, 0.717) is 11.4 Å². The molecule has 5 heteroatoms. The van der Waals surface area contributed by atoms with Crippen LogP contribution in [0.3, 0.4) is 0 Å². The monoisotopic (exact) mass is 327 g/mol. The van der Waals surface area contributed by atoms with Crippen molar-refractivity contribution >= 4 is 17.6 Å². The molecule has 0 aromatic heterocycles. The van der Waals surface area contributed by atoms with Crippen LogP contribution >= 0.6 is 0 Å². The Morgan fingerprint density at radius 2 is 1.58 bits per heavy atom. The third kappa shape index (κ3) is 5.43. The highest BCUT2D eigenvalue weighted by Crippen LogP contribution is 2.15. The second-order valence-electron chi connectivity index (χ2n) is 5.63. The van der Waals surface area contributed by atoms with Crippen molar-refractivity contribution in [3.8, 4) is 5.75 Å². The van der Waals surface area contributed by atoms with Gasteiger partial charge in [0.25, 0.3) is 5.91 Å². The van der Waals surface area contributed by atoms with E-state index in [0.717, 1.165) is 16.7 Å². The van der Waals surface area contributed by atoms with Gasteiger partial charge in [0.15, 0.2) is 13.2 Å². The fourth-order valence-corrected chi connectivity index (χ4v) is 2.10. The Kier molecular flexibility index (Phi) is 5.95. The van der Waals surface area contributed by atoms with Crippen LogP contribution in [0.5, 0.6) is 5.75 Å². The Morgan fingerprint density at radius 3 is 2.25 bits per heavy atom. The minimum atomic E-state index is -0.591. The van der Waals surface area contributed by atoms with Gasteiger partial charge in [-0.15, -0.1) is 0 Å². The predicted octanol–water partition coefficient (Wildman–Crippen LogP) is 3.17. The zero-order chi connectivity index (χ0) is 17.5. The molecule has 0 saturated carbocycles. The number of nitrogens with one attached hydrogen (secondary N) is 1. The van der Waals surface area contributed by atoms with Gasteiger partial charge in [-0.2, -0.15) is 0 Å². The first-order valence-electron chi connectivity index (χ1n) is 7.66. The third-order valence-electron chi connectivity index (χ3n) is 3.40. The molecule has 2 aromatic rings. The average molecular weight is 327 g/mol. The van der Waals surface area contributed by atoms with Gasteiger partial charge in [0.1, 0.15) is 5.75 Å². The molecule has 0 aliphatic heterocycles. The number of aryl methyl sites for hydroxylation is 3. The molecule has 24 heavy (non-hydrogen) atoms. The summed E-state index contributed by atoms with van der Waals surface area (Å²) >= 11 is 0. The molecule has 5 nitrogen and oxygen atoms in total. The van der Waals surface area contributed by atoms with Gasteiger partial charge in [-0.05, 0) is 44.5 Å². The lowest BCUT2D eigenvalue weighted by Gasteiger charge is -2.10. The maximum Gasteiger partial charge on any atom is 0.344 e. The smallest absolute Gasteiger partial charge is 0.344 e. The van der Waals surface area contributed by atoms with Crippen molar-refractivity contribution in [1.29, 1.82) is 0 Å². The summed E-state index contributed by atoms with van der Waals surface area (Å²) in [6, 6.07) is 13.0. The van der Waals surface area contributed by atoms with Crippen molar-refractivity contribution in [3.63, 3.8) is 0 Å². The maximum atomic E-state index is 11.8. The van der Waals surface area contributed by atoms with Crippen molar-refractivity contribution in [1.82, 2.24) is 0 Å². The zero-order valence-corrected chi connectivity index (χ0v) is 14.1. The van der Waals surface area contributed by atoms with E-state index in [9.17, 15) is 9.59 Å². The molecule has 0 heterocycles. The van der Waals surface area contributed by atoms with E-state index >= 15 is 0 Å². The number of ether oxygens (including phenoxy) is 2. The minimum Gasteiger partial charge on any atom is -0.482 e. The molecule has 0 aliphatic carbocycles. The van der Waals surface area contributed by atoms with Crippen LogP contribution in [0.15, 0.2) is 42.5 Å². The van der Waals surface area contributed by atoms with Crippen LogP contribution in [0.1, 0.15) is 16.7 Å². The lowest BCUT2D eigenvalue weighted by atomic mass is 10.1. The summed E-state index contributed by atoms with van der Waals surface area (Å²) < 4.78 is 10.2. The van der Waals surface area contributed by atoms with Gasteiger partial charge in [-0.25, -0.2) is 4.79 Å². The van der Waals surface area contributed by atoms with Gasteiger partial charge < -0.3 is 14.8 Å². The number of amides is 1. The summed E-state index contributed by atoms with van der Waals surface area (Å²) in [5.41, 5.74) is 3.88. The second kappa shape index (κ2) is 8.15. The van der Waals surface area contributed by atoms with Crippen molar-refractivity contribution in [2.75, 3.05) is 18.5 Å². The molecule has 0 spiro atoms. The Labute approximate surface area is 141 Å². The van der Waals surface area contributed by atoms with Crippen molar-refractivity contribution < 1.29 is 19.1 Å². The van der Waals surface area contributed by atoms with E-state index in [1.54, 1.807) is 12.1 Å². The summed E-state index contributed by atoms with van der Waals surface area (Å²) in [5.74, 6) is -0.394. The first-order chi connectivity index (χ1) is 11.4. The Morgan fingerprint density at radius 1 is 0.917 bits per heavy atom. The fraction of sp³-hybridized carbons (Fsp3) is 0.263. The molecule has 2 rings (SSSR count). The molecule has 0 atom stereocenters. The molecule has 1 N–H and O–H groups in total. The van der Waals surface area contributed by atoms with Crippen molar-refractivity contribution in [3.05, 3.63) is 59.2 Å². The van der Waals surface area contributed by atoms with E-state index in [2.05, 4.69) is 5.32 Å². The highest BCUT2D eigenvalue weighted by Gasteiger charge is 2.10. The quantitative estimate of drug-likeness (QED) is 0.828. The molecule has 126 valence electrons. The number of carbonyl (C=O) groups excluding carboxylic acids is 2. The third-order valence-corrected chi connectivity index (χ3v) is 3.40. The number of anilines is 1. The van der Waals surface area contributed by atoms with Crippen LogP contribution in [-0.4, -0.2) is 25.1 Å². The lowest BCUT2D eigenvalue weighted by Crippen LogP contribution is -2.24. The topological polar surface area (TPSA) is 64.6 Å². The normalized spacial score (nSPS) is 10.1. The van der Waals surface area contributed by atoms with Crippen LogP contribution in [0.4, 0.5) is 5.69 Å². The van der Waals surface area contributed by atoms with Gasteiger partial charge in [-0.1, -0.05) is 35.4 Å². The maximum absolute atomic E-state index is 11.8. The van der Waals surface area contributed by atoms with Gasteiger partial charge in [0, 0.05) is 5.69 Å². The van der Waals surface area contributed by atoms with Crippen LogP contribution in [-0.2, 0) is 14.3 Å². The molecule has 2 aromatic carbocycles. The number of rotatable bonds is 6. The summed E-state index contributed by atoms with van der Waals surface area (Å²) in [7, 11) is 0. The predicted molar refractivity (Wildman–Crippen MR) is 92.2 cm³/mol.